The largest absolute Gasteiger partial charge is 0.454 e. The van der Waals surface area contributed by atoms with Crippen molar-refractivity contribution >= 4 is 110 Å². The Morgan fingerprint density at radius 3 is 1.08 bits per heavy atom. The average molecular weight is 801 g/mol. The molecule has 2 heterocycles. The zero-order valence-electron chi connectivity index (χ0n) is 35.7. The maximum Gasteiger partial charge on any atom is 0.159 e. The van der Waals surface area contributed by atoms with Crippen LogP contribution in [0.3, 0.4) is 0 Å². The van der Waals surface area contributed by atoms with Crippen LogP contribution in [0.15, 0.2) is 167 Å². The van der Waals surface area contributed by atoms with Crippen LogP contribution in [-0.2, 0) is 0 Å². The van der Waals surface area contributed by atoms with Crippen LogP contribution in [0.5, 0.6) is 0 Å². The minimum Gasteiger partial charge on any atom is -0.454 e. The molecule has 0 bridgehead atoms. The maximum absolute atomic E-state index is 6.87. The molecular weight excluding hydrogens is 757 g/mol. The Hall–Kier alpha value is -7.56. The van der Waals surface area contributed by atoms with Gasteiger partial charge in [0, 0.05) is 43.7 Å². The predicted molar refractivity (Wildman–Crippen MR) is 262 cm³/mol. The van der Waals surface area contributed by atoms with Crippen molar-refractivity contribution in [3.63, 3.8) is 0 Å². The fraction of sp³-hybridized carbons (Fsp3) is 0.103. The average Bonchev–Trinajstić information content (AvgIpc) is 3.86. The molecule has 0 aliphatic carbocycles. The van der Waals surface area contributed by atoms with Gasteiger partial charge in [-0.2, -0.15) is 0 Å². The Morgan fingerprint density at radius 2 is 0.661 bits per heavy atom. The summed E-state index contributed by atoms with van der Waals surface area (Å²) in [7, 11) is 0. The summed E-state index contributed by atoms with van der Waals surface area (Å²) in [5.41, 5.74) is 17.2. The SMILES string of the molecule is Cc1ccc(N(c2ccc3ccc4c(N(c5ccc(C)cc5C)c5cccc6c5oc5c(C)cccc56)ccc5ccc2c3c54)c2cccc3c2oc2c(C)cccc23)c(C)c1. The van der Waals surface area contributed by atoms with Gasteiger partial charge >= 0.3 is 0 Å². The smallest absolute Gasteiger partial charge is 0.159 e. The fourth-order valence-electron chi connectivity index (χ4n) is 10.3. The van der Waals surface area contributed by atoms with E-state index in [4.69, 9.17) is 8.83 Å². The first-order valence-corrected chi connectivity index (χ1v) is 21.5. The molecule has 0 aliphatic rings. The molecule has 0 amide bonds. The van der Waals surface area contributed by atoms with Crippen molar-refractivity contribution in [2.75, 3.05) is 9.80 Å². The minimum atomic E-state index is 0.879. The summed E-state index contributed by atoms with van der Waals surface area (Å²) in [6.07, 6.45) is 0. The summed E-state index contributed by atoms with van der Waals surface area (Å²) in [6, 6.07) is 57.9. The Balaban J connectivity index is 1.15. The summed E-state index contributed by atoms with van der Waals surface area (Å²) in [4.78, 5) is 4.85. The van der Waals surface area contributed by atoms with Crippen molar-refractivity contribution in [3.8, 4) is 0 Å². The topological polar surface area (TPSA) is 32.8 Å². The molecule has 0 saturated heterocycles. The van der Waals surface area contributed by atoms with E-state index in [1.165, 1.54) is 54.6 Å². The van der Waals surface area contributed by atoms with Gasteiger partial charge in [-0.1, -0.05) is 132 Å². The van der Waals surface area contributed by atoms with E-state index in [0.717, 1.165) is 89.1 Å². The van der Waals surface area contributed by atoms with Crippen molar-refractivity contribution in [3.05, 3.63) is 191 Å². The molecule has 0 aliphatic heterocycles. The molecule has 10 aromatic carbocycles. The number of benzene rings is 10. The third-order valence-electron chi connectivity index (χ3n) is 13.2. The van der Waals surface area contributed by atoms with Crippen molar-refractivity contribution in [1.29, 1.82) is 0 Å². The molecule has 0 atom stereocenters. The summed E-state index contributed by atoms with van der Waals surface area (Å²) >= 11 is 0. The standard InChI is InChI=1S/C58H44N2O2/c1-33-19-27-47(37(5)31-33)59(51-17-9-15-43-41-13-7-11-35(3)55(41)61-57(43)51)49-29-23-39-22-26-46-50(30-24-40-21-25-45(49)53(39)54(40)46)60(48-28-20-34(2)32-38(48)6)52-18-10-16-44-42-14-8-12-36(4)56(42)62-58(44)52/h7-32H,1-6H3. The summed E-state index contributed by atoms with van der Waals surface area (Å²) in [5, 5.41) is 11.7. The summed E-state index contributed by atoms with van der Waals surface area (Å²) < 4.78 is 13.7. The number of rotatable bonds is 6. The van der Waals surface area contributed by atoms with Gasteiger partial charge in [0.15, 0.2) is 11.2 Å². The Labute approximate surface area is 360 Å². The van der Waals surface area contributed by atoms with Gasteiger partial charge in [0.25, 0.3) is 0 Å². The van der Waals surface area contributed by atoms with Gasteiger partial charge in [-0.3, -0.25) is 0 Å². The molecule has 0 saturated carbocycles. The van der Waals surface area contributed by atoms with Crippen LogP contribution in [0, 0.1) is 41.5 Å². The van der Waals surface area contributed by atoms with Gasteiger partial charge in [-0.15, -0.1) is 0 Å². The van der Waals surface area contributed by atoms with E-state index in [0.29, 0.717) is 0 Å². The Bertz CT molecular complexity index is 3540. The summed E-state index contributed by atoms with van der Waals surface area (Å²) in [5.74, 6) is 0. The van der Waals surface area contributed by atoms with E-state index in [9.17, 15) is 0 Å². The quantitative estimate of drug-likeness (QED) is 0.157. The second kappa shape index (κ2) is 13.5. The van der Waals surface area contributed by atoms with Gasteiger partial charge in [0.05, 0.1) is 22.7 Å². The van der Waals surface area contributed by atoms with Crippen LogP contribution >= 0.6 is 0 Å². The van der Waals surface area contributed by atoms with E-state index in [-0.39, 0.29) is 0 Å². The molecule has 0 spiro atoms. The van der Waals surface area contributed by atoms with E-state index in [1.54, 1.807) is 0 Å². The molecule has 4 heteroatoms. The van der Waals surface area contributed by atoms with Crippen molar-refractivity contribution in [2.24, 2.45) is 0 Å². The number of hydrogen-bond donors (Lipinski definition) is 0. The van der Waals surface area contributed by atoms with Crippen molar-refractivity contribution in [2.45, 2.75) is 41.5 Å². The highest BCUT2D eigenvalue weighted by Crippen LogP contribution is 2.51. The second-order valence-electron chi connectivity index (χ2n) is 17.3. The minimum absolute atomic E-state index is 0.879. The monoisotopic (exact) mass is 800 g/mol. The fourth-order valence-corrected chi connectivity index (χ4v) is 10.3. The Morgan fingerprint density at radius 1 is 0.290 bits per heavy atom. The molecule has 12 rings (SSSR count). The Kier molecular flexibility index (Phi) is 7.89. The highest BCUT2D eigenvalue weighted by Gasteiger charge is 2.27. The maximum atomic E-state index is 6.87. The molecule has 0 fully saturated rings. The van der Waals surface area contributed by atoms with Crippen LogP contribution in [0.2, 0.25) is 0 Å². The second-order valence-corrected chi connectivity index (χ2v) is 17.3. The molecule has 2 aromatic heterocycles. The van der Waals surface area contributed by atoms with E-state index >= 15 is 0 Å². The third-order valence-corrected chi connectivity index (χ3v) is 13.2. The third kappa shape index (κ3) is 5.26. The number of hydrogen-bond acceptors (Lipinski definition) is 4. The lowest BCUT2D eigenvalue weighted by molar-refractivity contribution is 0.665. The van der Waals surface area contributed by atoms with Gasteiger partial charge in [-0.05, 0) is 122 Å². The lowest BCUT2D eigenvalue weighted by atomic mass is 9.91. The first-order valence-electron chi connectivity index (χ1n) is 21.5. The van der Waals surface area contributed by atoms with E-state index < -0.39 is 0 Å². The van der Waals surface area contributed by atoms with E-state index in [2.05, 4.69) is 209 Å². The molecule has 62 heavy (non-hydrogen) atoms. The molecule has 0 radical (unpaired) electrons. The van der Waals surface area contributed by atoms with Gasteiger partial charge in [0.1, 0.15) is 11.2 Å². The first-order chi connectivity index (χ1) is 30.2. The number of anilines is 6. The van der Waals surface area contributed by atoms with Crippen LogP contribution < -0.4 is 9.80 Å². The van der Waals surface area contributed by atoms with Gasteiger partial charge < -0.3 is 18.6 Å². The zero-order chi connectivity index (χ0) is 42.0. The normalized spacial score (nSPS) is 12.0. The lowest BCUT2D eigenvalue weighted by Crippen LogP contribution is -2.13. The van der Waals surface area contributed by atoms with Crippen molar-refractivity contribution in [1.82, 2.24) is 0 Å². The number of aryl methyl sites for hydroxylation is 6. The molecule has 0 N–H and O–H groups in total. The molecule has 298 valence electrons. The summed E-state index contributed by atoms with van der Waals surface area (Å²) in [6.45, 7) is 13.0. The van der Waals surface area contributed by atoms with Crippen molar-refractivity contribution < 1.29 is 8.83 Å². The number of furan rings is 2. The van der Waals surface area contributed by atoms with Crippen LogP contribution in [0.1, 0.15) is 33.4 Å². The zero-order valence-corrected chi connectivity index (χ0v) is 35.7. The number of fused-ring (bicyclic) bond motifs is 6. The van der Waals surface area contributed by atoms with Gasteiger partial charge in [0.2, 0.25) is 0 Å². The predicted octanol–water partition coefficient (Wildman–Crippen LogP) is 17.2. The first kappa shape index (κ1) is 36.3. The number of nitrogens with zero attached hydrogens (tertiary/aromatic N) is 2. The lowest BCUT2D eigenvalue weighted by Gasteiger charge is -2.30. The highest BCUT2D eigenvalue weighted by atomic mass is 16.3. The van der Waals surface area contributed by atoms with Gasteiger partial charge in [-0.25, -0.2) is 0 Å². The molecule has 0 unspecified atom stereocenters. The number of para-hydroxylation sites is 4. The van der Waals surface area contributed by atoms with Crippen LogP contribution in [0.25, 0.3) is 76.2 Å². The highest BCUT2D eigenvalue weighted by molar-refractivity contribution is 6.29. The molecule has 4 nitrogen and oxygen atoms in total. The van der Waals surface area contributed by atoms with Crippen LogP contribution in [0.4, 0.5) is 34.1 Å². The molecule has 12 aromatic rings. The van der Waals surface area contributed by atoms with Crippen LogP contribution in [-0.4, -0.2) is 0 Å². The molecular formula is C58H44N2O2. The van der Waals surface area contributed by atoms with E-state index in [1.807, 2.05) is 0 Å².